The van der Waals surface area contributed by atoms with Crippen molar-refractivity contribution in [2.45, 2.75) is 17.7 Å². The van der Waals surface area contributed by atoms with Gasteiger partial charge in [0, 0.05) is 12.4 Å². The van der Waals surface area contributed by atoms with E-state index in [9.17, 15) is 8.42 Å². The van der Waals surface area contributed by atoms with Crippen molar-refractivity contribution in [1.82, 2.24) is 4.98 Å². The zero-order valence-electron chi connectivity index (χ0n) is 9.78. The van der Waals surface area contributed by atoms with E-state index in [1.165, 1.54) is 6.07 Å². The highest BCUT2D eigenvalue weighted by Gasteiger charge is 2.07. The third kappa shape index (κ3) is 3.38. The van der Waals surface area contributed by atoms with Crippen molar-refractivity contribution in [3.05, 3.63) is 59.9 Å². The van der Waals surface area contributed by atoms with E-state index in [0.717, 1.165) is 24.0 Å². The molecule has 18 heavy (non-hydrogen) atoms. The molecule has 0 unspecified atom stereocenters. The maximum Gasteiger partial charge on any atom is 0.238 e. The van der Waals surface area contributed by atoms with Gasteiger partial charge in [-0.2, -0.15) is 0 Å². The van der Waals surface area contributed by atoms with Crippen LogP contribution in [-0.4, -0.2) is 13.4 Å². The summed E-state index contributed by atoms with van der Waals surface area (Å²) in [5.41, 5.74) is 2.07. The molecule has 1 aromatic carbocycles. The molecule has 2 aromatic rings. The number of sulfonamides is 1. The van der Waals surface area contributed by atoms with Crippen molar-refractivity contribution in [3.8, 4) is 0 Å². The van der Waals surface area contributed by atoms with Crippen molar-refractivity contribution in [3.63, 3.8) is 0 Å². The normalized spacial score (nSPS) is 11.4. The number of primary sulfonamides is 1. The highest BCUT2D eigenvalue weighted by molar-refractivity contribution is 7.89. The number of nitrogens with zero attached hydrogens (tertiary/aromatic N) is 1. The van der Waals surface area contributed by atoms with E-state index in [-0.39, 0.29) is 4.90 Å². The van der Waals surface area contributed by atoms with Crippen molar-refractivity contribution >= 4 is 10.0 Å². The lowest BCUT2D eigenvalue weighted by Crippen LogP contribution is -2.12. The quantitative estimate of drug-likeness (QED) is 0.907. The first-order valence-corrected chi connectivity index (χ1v) is 7.11. The Kier molecular flexibility index (Phi) is 3.74. The first-order valence-electron chi connectivity index (χ1n) is 5.56. The summed E-state index contributed by atoms with van der Waals surface area (Å²) in [5.74, 6) is 0. The first-order chi connectivity index (χ1) is 8.55. The topological polar surface area (TPSA) is 73.1 Å². The average molecular weight is 262 g/mol. The summed E-state index contributed by atoms with van der Waals surface area (Å²) in [6.07, 6.45) is 5.12. The first kappa shape index (κ1) is 12.7. The van der Waals surface area contributed by atoms with Crippen LogP contribution in [0.25, 0.3) is 0 Å². The summed E-state index contributed by atoms with van der Waals surface area (Å²) in [6.45, 7) is 0. The molecule has 94 valence electrons. The summed E-state index contributed by atoms with van der Waals surface area (Å²) >= 11 is 0. The van der Waals surface area contributed by atoms with E-state index < -0.39 is 10.0 Å². The van der Waals surface area contributed by atoms with Crippen LogP contribution in [0.5, 0.6) is 0 Å². The Morgan fingerprint density at radius 2 is 1.78 bits per heavy atom. The van der Waals surface area contributed by atoms with Crippen LogP contribution in [0.15, 0.2) is 53.7 Å². The molecule has 0 radical (unpaired) electrons. The van der Waals surface area contributed by atoms with Gasteiger partial charge in [0.2, 0.25) is 10.0 Å². The number of benzene rings is 1. The molecular weight excluding hydrogens is 248 g/mol. The van der Waals surface area contributed by atoms with E-state index in [2.05, 4.69) is 4.98 Å². The number of rotatable bonds is 4. The zero-order chi connectivity index (χ0) is 13.0. The van der Waals surface area contributed by atoms with Gasteiger partial charge in [-0.05, 0) is 42.2 Å². The molecule has 1 aromatic heterocycles. The monoisotopic (exact) mass is 262 g/mol. The molecule has 0 aliphatic rings. The third-order valence-electron chi connectivity index (χ3n) is 2.65. The second-order valence-corrected chi connectivity index (χ2v) is 5.62. The second-order valence-electron chi connectivity index (χ2n) is 4.05. The minimum atomic E-state index is -3.62. The number of aromatic nitrogens is 1. The summed E-state index contributed by atoms with van der Waals surface area (Å²) in [4.78, 5) is 4.20. The van der Waals surface area contributed by atoms with Crippen LogP contribution in [0, 0.1) is 0 Å². The van der Waals surface area contributed by atoms with E-state index >= 15 is 0 Å². The highest BCUT2D eigenvalue weighted by atomic mass is 32.2. The Morgan fingerprint density at radius 3 is 2.44 bits per heavy atom. The maximum absolute atomic E-state index is 11.2. The van der Waals surface area contributed by atoms with Gasteiger partial charge in [0.05, 0.1) is 4.90 Å². The summed E-state index contributed by atoms with van der Waals surface area (Å²) < 4.78 is 22.5. The van der Waals surface area contributed by atoms with Gasteiger partial charge in [-0.25, -0.2) is 13.6 Å². The Bertz CT molecular complexity index is 624. The summed E-state index contributed by atoms with van der Waals surface area (Å²) in [5, 5.41) is 5.10. The van der Waals surface area contributed by atoms with Gasteiger partial charge in [0.15, 0.2) is 0 Å². The molecule has 0 atom stereocenters. The minimum Gasteiger partial charge on any atom is -0.264 e. The van der Waals surface area contributed by atoms with Crippen LogP contribution in [-0.2, 0) is 22.9 Å². The smallest absolute Gasteiger partial charge is 0.238 e. The van der Waals surface area contributed by atoms with E-state index in [1.807, 2.05) is 24.4 Å². The molecular formula is C13H14N2O2S. The van der Waals surface area contributed by atoms with Gasteiger partial charge in [0.1, 0.15) is 0 Å². The van der Waals surface area contributed by atoms with Crippen molar-refractivity contribution < 1.29 is 8.42 Å². The Balaban J connectivity index is 2.11. The zero-order valence-corrected chi connectivity index (χ0v) is 10.6. The van der Waals surface area contributed by atoms with Gasteiger partial charge in [-0.3, -0.25) is 4.98 Å². The minimum absolute atomic E-state index is 0.159. The number of aryl methyl sites for hydroxylation is 2. The van der Waals surface area contributed by atoms with Crippen LogP contribution in [0.1, 0.15) is 11.1 Å². The number of hydrogen-bond donors (Lipinski definition) is 1. The van der Waals surface area contributed by atoms with Crippen LogP contribution in [0.2, 0.25) is 0 Å². The molecule has 0 spiro atoms. The molecule has 0 bridgehead atoms. The van der Waals surface area contributed by atoms with Gasteiger partial charge >= 0.3 is 0 Å². The van der Waals surface area contributed by atoms with Gasteiger partial charge in [-0.15, -0.1) is 0 Å². The molecule has 4 nitrogen and oxygen atoms in total. The fraction of sp³-hybridized carbons (Fsp3) is 0.154. The molecule has 2 rings (SSSR count). The maximum atomic E-state index is 11.2. The lowest BCUT2D eigenvalue weighted by Gasteiger charge is -2.04. The second kappa shape index (κ2) is 5.29. The van der Waals surface area contributed by atoms with Gasteiger partial charge in [0.25, 0.3) is 0 Å². The fourth-order valence-corrected chi connectivity index (χ4v) is 2.30. The largest absolute Gasteiger partial charge is 0.264 e. The molecule has 0 saturated heterocycles. The van der Waals surface area contributed by atoms with E-state index in [1.54, 1.807) is 18.3 Å². The van der Waals surface area contributed by atoms with Crippen LogP contribution in [0.4, 0.5) is 0 Å². The molecule has 5 heteroatoms. The van der Waals surface area contributed by atoms with Gasteiger partial charge < -0.3 is 0 Å². The molecule has 0 aliphatic carbocycles. The average Bonchev–Trinajstić information content (AvgIpc) is 2.37. The predicted octanol–water partition coefficient (Wildman–Crippen LogP) is 1.51. The van der Waals surface area contributed by atoms with E-state index in [0.29, 0.717) is 0 Å². The Hall–Kier alpha value is -1.72. The molecule has 0 saturated carbocycles. The summed E-state index contributed by atoms with van der Waals surface area (Å²) in [7, 11) is -3.62. The SMILES string of the molecule is NS(=O)(=O)c1cccc(CCc2cccnc2)c1. The fourth-order valence-electron chi connectivity index (χ4n) is 1.71. The predicted molar refractivity (Wildman–Crippen MR) is 69.5 cm³/mol. The number of pyridine rings is 1. The third-order valence-corrected chi connectivity index (χ3v) is 3.56. The van der Waals surface area contributed by atoms with Crippen LogP contribution in [0.3, 0.4) is 0 Å². The molecule has 2 N–H and O–H groups in total. The van der Waals surface area contributed by atoms with Gasteiger partial charge in [-0.1, -0.05) is 18.2 Å². The molecule has 0 amide bonds. The molecule has 0 fully saturated rings. The van der Waals surface area contributed by atoms with Crippen molar-refractivity contribution in [2.24, 2.45) is 5.14 Å². The standard InChI is InChI=1S/C13H14N2O2S/c14-18(16,17)13-5-1-3-11(9-13)6-7-12-4-2-8-15-10-12/h1-5,8-10H,6-7H2,(H2,14,16,17). The number of hydrogen-bond acceptors (Lipinski definition) is 3. The number of nitrogens with two attached hydrogens (primary N) is 1. The van der Waals surface area contributed by atoms with Crippen LogP contribution < -0.4 is 5.14 Å². The van der Waals surface area contributed by atoms with Crippen molar-refractivity contribution in [1.29, 1.82) is 0 Å². The highest BCUT2D eigenvalue weighted by Crippen LogP contribution is 2.12. The van der Waals surface area contributed by atoms with Crippen LogP contribution >= 0.6 is 0 Å². The lowest BCUT2D eigenvalue weighted by atomic mass is 10.1. The van der Waals surface area contributed by atoms with E-state index in [4.69, 9.17) is 5.14 Å². The van der Waals surface area contributed by atoms with Crippen molar-refractivity contribution in [2.75, 3.05) is 0 Å². The Labute approximate surface area is 107 Å². The Morgan fingerprint density at radius 1 is 1.06 bits per heavy atom. The molecule has 1 heterocycles. The lowest BCUT2D eigenvalue weighted by molar-refractivity contribution is 0.597. The molecule has 0 aliphatic heterocycles. The summed E-state index contributed by atoms with van der Waals surface area (Å²) in [6, 6.07) is 10.6.